The maximum absolute atomic E-state index is 6.38. The van der Waals surface area contributed by atoms with E-state index in [9.17, 15) is 0 Å². The van der Waals surface area contributed by atoms with Crippen LogP contribution in [0.3, 0.4) is 0 Å². The Kier molecular flexibility index (Phi) is 5.74. The van der Waals surface area contributed by atoms with E-state index >= 15 is 0 Å². The Morgan fingerprint density at radius 2 is 0.911 bits per heavy atom. The molecule has 212 valence electrons. The van der Waals surface area contributed by atoms with E-state index in [-0.39, 0.29) is 0 Å². The van der Waals surface area contributed by atoms with E-state index in [1.54, 1.807) is 12.4 Å². The van der Waals surface area contributed by atoms with Gasteiger partial charge in [0.15, 0.2) is 0 Å². The number of pyridine rings is 2. The van der Waals surface area contributed by atoms with E-state index in [4.69, 9.17) is 13.6 Å². The van der Waals surface area contributed by atoms with Crippen LogP contribution in [0.5, 0.6) is 11.5 Å². The van der Waals surface area contributed by atoms with Gasteiger partial charge in [-0.2, -0.15) is 0 Å². The molecule has 0 saturated heterocycles. The summed E-state index contributed by atoms with van der Waals surface area (Å²) in [5.41, 5.74) is 9.50. The molecule has 5 aromatic carbocycles. The maximum Gasteiger partial charge on any atom is 0.227 e. The topological polar surface area (TPSA) is 61.3 Å². The Morgan fingerprint density at radius 3 is 1.60 bits per heavy atom. The Bertz CT molecular complexity index is 2540. The zero-order valence-electron chi connectivity index (χ0n) is 24.0. The third kappa shape index (κ3) is 4.50. The van der Waals surface area contributed by atoms with Crippen LogP contribution < -0.4 is 4.74 Å². The van der Waals surface area contributed by atoms with Gasteiger partial charge in [0.2, 0.25) is 11.4 Å². The molecular weight excluding hydrogens is 556 g/mol. The van der Waals surface area contributed by atoms with Crippen LogP contribution in [0, 0.1) is 0 Å². The van der Waals surface area contributed by atoms with Crippen LogP contribution in [0.1, 0.15) is 0 Å². The highest BCUT2D eigenvalue weighted by Crippen LogP contribution is 2.36. The second-order valence-corrected chi connectivity index (χ2v) is 11.1. The standard InChI is InChI=1S/C40H24N2O3/c1-6-25(20-26(7-1)29-15-17-37-36(23-29)35-13-5-19-42-40(35)44-37)27-8-2-10-31(21-27)43-32-11-3-9-28(22-32)30-14-16-33-34-12-4-18-41-39(34)45-38(33)24-30/h1-24H. The minimum absolute atomic E-state index is 0.650. The summed E-state index contributed by atoms with van der Waals surface area (Å²) in [6, 6.07) is 45.4. The van der Waals surface area contributed by atoms with Crippen molar-refractivity contribution >= 4 is 44.1 Å². The Hall–Kier alpha value is -6.20. The molecule has 0 aliphatic heterocycles. The quantitative estimate of drug-likeness (QED) is 0.203. The largest absolute Gasteiger partial charge is 0.457 e. The van der Waals surface area contributed by atoms with E-state index in [1.165, 1.54) is 0 Å². The molecule has 0 fully saturated rings. The number of furan rings is 2. The molecular formula is C40H24N2O3. The van der Waals surface area contributed by atoms with Crippen LogP contribution in [0.4, 0.5) is 0 Å². The second kappa shape index (κ2) is 10.2. The number of hydrogen-bond acceptors (Lipinski definition) is 5. The third-order valence-corrected chi connectivity index (χ3v) is 8.26. The van der Waals surface area contributed by atoms with Crippen LogP contribution >= 0.6 is 0 Å². The number of hydrogen-bond donors (Lipinski definition) is 0. The first kappa shape index (κ1) is 25.3. The van der Waals surface area contributed by atoms with E-state index in [0.29, 0.717) is 11.4 Å². The lowest BCUT2D eigenvalue weighted by Gasteiger charge is -2.11. The molecule has 0 N–H and O–H groups in total. The fourth-order valence-corrected chi connectivity index (χ4v) is 6.07. The fourth-order valence-electron chi connectivity index (χ4n) is 6.07. The van der Waals surface area contributed by atoms with Gasteiger partial charge in [-0.25, -0.2) is 9.97 Å². The van der Waals surface area contributed by atoms with Crippen molar-refractivity contribution in [3.05, 3.63) is 146 Å². The molecule has 0 saturated carbocycles. The van der Waals surface area contributed by atoms with Crippen LogP contribution in [-0.2, 0) is 0 Å². The molecule has 0 aliphatic carbocycles. The van der Waals surface area contributed by atoms with Crippen LogP contribution in [-0.4, -0.2) is 9.97 Å². The molecule has 0 aliphatic rings. The van der Waals surface area contributed by atoms with Crippen molar-refractivity contribution in [2.75, 3.05) is 0 Å². The molecule has 0 amide bonds. The number of aromatic nitrogens is 2. The molecule has 0 unspecified atom stereocenters. The van der Waals surface area contributed by atoms with Gasteiger partial charge in [0, 0.05) is 33.9 Å². The molecule has 5 heteroatoms. The Balaban J connectivity index is 1.00. The minimum atomic E-state index is 0.650. The van der Waals surface area contributed by atoms with Crippen molar-refractivity contribution in [1.29, 1.82) is 0 Å². The summed E-state index contributed by atoms with van der Waals surface area (Å²) in [6.45, 7) is 0. The van der Waals surface area contributed by atoms with Gasteiger partial charge in [0.05, 0.1) is 0 Å². The van der Waals surface area contributed by atoms with Gasteiger partial charge in [-0.3, -0.25) is 0 Å². The van der Waals surface area contributed by atoms with Crippen LogP contribution in [0.25, 0.3) is 77.5 Å². The Morgan fingerprint density at radius 1 is 0.378 bits per heavy atom. The smallest absolute Gasteiger partial charge is 0.227 e. The Labute approximate surface area is 258 Å². The van der Waals surface area contributed by atoms with Gasteiger partial charge >= 0.3 is 0 Å². The number of fused-ring (bicyclic) bond motifs is 6. The van der Waals surface area contributed by atoms with Crippen LogP contribution in [0.15, 0.2) is 155 Å². The number of rotatable bonds is 5. The number of nitrogens with zero attached hydrogens (tertiary/aromatic N) is 2. The molecule has 5 nitrogen and oxygen atoms in total. The van der Waals surface area contributed by atoms with E-state index in [0.717, 1.165) is 77.6 Å². The van der Waals surface area contributed by atoms with E-state index < -0.39 is 0 Å². The van der Waals surface area contributed by atoms with Crippen LogP contribution in [0.2, 0.25) is 0 Å². The van der Waals surface area contributed by atoms with Crippen molar-refractivity contribution in [3.63, 3.8) is 0 Å². The fraction of sp³-hybridized carbons (Fsp3) is 0. The summed E-state index contributed by atoms with van der Waals surface area (Å²) in [7, 11) is 0. The molecule has 45 heavy (non-hydrogen) atoms. The molecule has 0 spiro atoms. The van der Waals surface area contributed by atoms with Gasteiger partial charge in [0.25, 0.3) is 0 Å². The molecule has 9 aromatic rings. The summed E-state index contributed by atoms with van der Waals surface area (Å²) < 4.78 is 18.3. The zero-order chi connectivity index (χ0) is 29.7. The SMILES string of the molecule is c1cc(Oc2cccc(-c3ccc4c(c3)oc3ncccc34)c2)cc(-c2cccc(-c3ccc4oc5ncccc5c4c3)c2)c1. The molecule has 0 bridgehead atoms. The lowest BCUT2D eigenvalue weighted by Crippen LogP contribution is -1.87. The average molecular weight is 581 g/mol. The first-order valence-electron chi connectivity index (χ1n) is 14.8. The van der Waals surface area contributed by atoms with Crippen molar-refractivity contribution in [2.24, 2.45) is 0 Å². The first-order chi connectivity index (χ1) is 22.2. The van der Waals surface area contributed by atoms with E-state index in [1.807, 2.05) is 54.6 Å². The maximum atomic E-state index is 6.38. The highest BCUT2D eigenvalue weighted by atomic mass is 16.5. The van der Waals surface area contributed by atoms with Crippen molar-refractivity contribution < 1.29 is 13.6 Å². The van der Waals surface area contributed by atoms with Crippen molar-refractivity contribution in [1.82, 2.24) is 9.97 Å². The second-order valence-electron chi connectivity index (χ2n) is 11.1. The minimum Gasteiger partial charge on any atom is -0.457 e. The monoisotopic (exact) mass is 580 g/mol. The van der Waals surface area contributed by atoms with Crippen molar-refractivity contribution in [2.45, 2.75) is 0 Å². The molecule has 4 aromatic heterocycles. The van der Waals surface area contributed by atoms with Gasteiger partial charge in [0.1, 0.15) is 22.7 Å². The summed E-state index contributed by atoms with van der Waals surface area (Å²) in [5.74, 6) is 1.53. The van der Waals surface area contributed by atoms with Gasteiger partial charge in [-0.15, -0.1) is 0 Å². The summed E-state index contributed by atoms with van der Waals surface area (Å²) in [5, 5.41) is 4.16. The zero-order valence-corrected chi connectivity index (χ0v) is 24.0. The number of benzene rings is 5. The normalized spacial score (nSPS) is 11.6. The van der Waals surface area contributed by atoms with Gasteiger partial charge in [-0.1, -0.05) is 54.6 Å². The lowest BCUT2D eigenvalue weighted by molar-refractivity contribution is 0.483. The average Bonchev–Trinajstić information content (AvgIpc) is 3.66. The molecule has 4 heterocycles. The summed E-state index contributed by atoms with van der Waals surface area (Å²) in [4.78, 5) is 8.72. The van der Waals surface area contributed by atoms with Crippen molar-refractivity contribution in [3.8, 4) is 44.9 Å². The molecule has 0 radical (unpaired) electrons. The molecule has 9 rings (SSSR count). The van der Waals surface area contributed by atoms with E-state index in [2.05, 4.69) is 88.8 Å². The predicted octanol–water partition coefficient (Wildman–Crippen LogP) is 11.1. The van der Waals surface area contributed by atoms with Gasteiger partial charge in [-0.05, 0) is 112 Å². The third-order valence-electron chi connectivity index (χ3n) is 8.26. The summed E-state index contributed by atoms with van der Waals surface area (Å²) >= 11 is 0. The highest BCUT2D eigenvalue weighted by molar-refractivity contribution is 6.05. The number of ether oxygens (including phenoxy) is 1. The van der Waals surface area contributed by atoms with Gasteiger partial charge < -0.3 is 13.6 Å². The highest BCUT2D eigenvalue weighted by Gasteiger charge is 2.12. The summed E-state index contributed by atoms with van der Waals surface area (Å²) in [6.07, 6.45) is 3.50. The predicted molar refractivity (Wildman–Crippen MR) is 179 cm³/mol. The lowest BCUT2D eigenvalue weighted by atomic mass is 9.98. The first-order valence-corrected chi connectivity index (χ1v) is 14.8. The molecule has 0 atom stereocenters.